The van der Waals surface area contributed by atoms with E-state index in [9.17, 15) is 9.59 Å². The lowest BCUT2D eigenvalue weighted by Gasteiger charge is -2.37. The first-order valence-electron chi connectivity index (χ1n) is 10.7. The quantitative estimate of drug-likeness (QED) is 0.667. The molecule has 2 aromatic heterocycles. The van der Waals surface area contributed by atoms with Gasteiger partial charge in [-0.05, 0) is 18.2 Å². The Morgan fingerprint density at radius 1 is 1.03 bits per heavy atom. The van der Waals surface area contributed by atoms with Crippen LogP contribution >= 0.6 is 0 Å². The highest BCUT2D eigenvalue weighted by atomic mass is 16.2. The van der Waals surface area contributed by atoms with Gasteiger partial charge in [0.15, 0.2) is 0 Å². The number of benzene rings is 1. The molecular formula is C23H26N6O2. The summed E-state index contributed by atoms with van der Waals surface area (Å²) in [4.78, 5) is 38.8. The van der Waals surface area contributed by atoms with Gasteiger partial charge in [-0.15, -0.1) is 0 Å². The number of hydrogen-bond acceptors (Lipinski definition) is 5. The molecule has 8 heteroatoms. The third-order valence-corrected chi connectivity index (χ3v) is 6.32. The Labute approximate surface area is 180 Å². The lowest BCUT2D eigenvalue weighted by atomic mass is 10.0. The van der Waals surface area contributed by atoms with E-state index in [4.69, 9.17) is 5.73 Å². The van der Waals surface area contributed by atoms with Crippen molar-refractivity contribution in [1.29, 1.82) is 0 Å². The van der Waals surface area contributed by atoms with Crippen LogP contribution in [0.15, 0.2) is 42.6 Å². The number of primary amides is 1. The fourth-order valence-corrected chi connectivity index (χ4v) is 4.63. The summed E-state index contributed by atoms with van der Waals surface area (Å²) in [5, 5.41) is 1.21. The van der Waals surface area contributed by atoms with E-state index in [0.29, 0.717) is 37.6 Å². The number of nitrogens with zero attached hydrogens (tertiary/aromatic N) is 4. The second kappa shape index (κ2) is 8.03. The smallest absolute Gasteiger partial charge is 0.252 e. The summed E-state index contributed by atoms with van der Waals surface area (Å²) >= 11 is 0. The molecule has 2 aliphatic heterocycles. The Kier molecular flexibility index (Phi) is 5.07. The van der Waals surface area contributed by atoms with E-state index >= 15 is 0 Å². The van der Waals surface area contributed by atoms with E-state index in [-0.39, 0.29) is 5.91 Å². The number of H-pyrrole nitrogens is 1. The average molecular weight is 419 g/mol. The molecule has 4 heterocycles. The summed E-state index contributed by atoms with van der Waals surface area (Å²) in [5.74, 6) is 0.325. The zero-order valence-electron chi connectivity index (χ0n) is 17.4. The Morgan fingerprint density at radius 2 is 1.84 bits per heavy atom. The standard InChI is InChI=1S/C23H26N6O2/c24-22(31)17-5-3-8-25-23(17)28-12-10-27(11-13-28)15-21(30)29-9-7-20-18(14-29)16-4-1-2-6-19(16)26-20/h1-6,8,26H,7,9-15H2,(H2,24,31). The van der Waals surface area contributed by atoms with Crippen molar-refractivity contribution in [2.45, 2.75) is 13.0 Å². The van der Waals surface area contributed by atoms with Crippen molar-refractivity contribution in [1.82, 2.24) is 19.8 Å². The Balaban J connectivity index is 1.20. The first kappa shape index (κ1) is 19.6. The van der Waals surface area contributed by atoms with Crippen molar-refractivity contribution < 1.29 is 9.59 Å². The minimum Gasteiger partial charge on any atom is -0.365 e. The number of pyridine rings is 1. The molecule has 0 aliphatic carbocycles. The maximum atomic E-state index is 13.0. The third-order valence-electron chi connectivity index (χ3n) is 6.32. The molecule has 0 bridgehead atoms. The summed E-state index contributed by atoms with van der Waals surface area (Å²) in [6, 6.07) is 11.7. The van der Waals surface area contributed by atoms with Crippen LogP contribution in [0.2, 0.25) is 0 Å². The number of fused-ring (bicyclic) bond motifs is 3. The number of anilines is 1. The average Bonchev–Trinajstić information content (AvgIpc) is 3.17. The molecule has 160 valence electrons. The van der Waals surface area contributed by atoms with Gasteiger partial charge in [0.1, 0.15) is 5.82 Å². The highest BCUT2D eigenvalue weighted by Gasteiger charge is 2.27. The van der Waals surface area contributed by atoms with Crippen LogP contribution in [-0.2, 0) is 17.8 Å². The lowest BCUT2D eigenvalue weighted by Crippen LogP contribution is -2.51. The number of rotatable bonds is 4. The lowest BCUT2D eigenvalue weighted by molar-refractivity contribution is -0.133. The third kappa shape index (κ3) is 3.74. The molecule has 0 atom stereocenters. The summed E-state index contributed by atoms with van der Waals surface area (Å²) in [6.07, 6.45) is 2.53. The summed E-state index contributed by atoms with van der Waals surface area (Å²) in [6.45, 7) is 4.72. The van der Waals surface area contributed by atoms with E-state index in [1.54, 1.807) is 18.3 Å². The zero-order chi connectivity index (χ0) is 21.4. The number of aromatic nitrogens is 2. The number of aromatic amines is 1. The van der Waals surface area contributed by atoms with Crippen LogP contribution in [0.25, 0.3) is 10.9 Å². The highest BCUT2D eigenvalue weighted by molar-refractivity contribution is 5.97. The number of amides is 2. The van der Waals surface area contributed by atoms with Gasteiger partial charge >= 0.3 is 0 Å². The number of para-hydroxylation sites is 1. The number of piperazine rings is 1. The highest BCUT2D eigenvalue weighted by Crippen LogP contribution is 2.27. The van der Waals surface area contributed by atoms with Crippen LogP contribution in [0, 0.1) is 0 Å². The second-order valence-corrected chi connectivity index (χ2v) is 8.20. The van der Waals surface area contributed by atoms with Crippen LogP contribution < -0.4 is 10.6 Å². The fourth-order valence-electron chi connectivity index (χ4n) is 4.63. The Hall–Kier alpha value is -3.39. The maximum Gasteiger partial charge on any atom is 0.252 e. The molecule has 31 heavy (non-hydrogen) atoms. The predicted molar refractivity (Wildman–Crippen MR) is 119 cm³/mol. The molecule has 0 unspecified atom stereocenters. The first-order chi connectivity index (χ1) is 15.1. The van der Waals surface area contributed by atoms with Crippen LogP contribution in [0.5, 0.6) is 0 Å². The van der Waals surface area contributed by atoms with E-state index in [1.807, 2.05) is 17.0 Å². The second-order valence-electron chi connectivity index (χ2n) is 8.20. The topological polar surface area (TPSA) is 98.6 Å². The molecule has 2 aliphatic rings. The number of hydrogen-bond donors (Lipinski definition) is 2. The Bertz CT molecular complexity index is 1130. The molecule has 1 fully saturated rings. The van der Waals surface area contributed by atoms with Crippen LogP contribution in [0.1, 0.15) is 21.6 Å². The molecule has 8 nitrogen and oxygen atoms in total. The monoisotopic (exact) mass is 418 g/mol. The number of carbonyl (C=O) groups is 2. The summed E-state index contributed by atoms with van der Waals surface area (Å²) < 4.78 is 0. The van der Waals surface area contributed by atoms with E-state index < -0.39 is 5.91 Å². The van der Waals surface area contributed by atoms with Gasteiger partial charge in [0.05, 0.1) is 12.1 Å². The first-order valence-corrected chi connectivity index (χ1v) is 10.7. The molecule has 0 spiro atoms. The Morgan fingerprint density at radius 3 is 2.65 bits per heavy atom. The largest absolute Gasteiger partial charge is 0.365 e. The van der Waals surface area contributed by atoms with Crippen molar-refractivity contribution in [2.75, 3.05) is 44.2 Å². The summed E-state index contributed by atoms with van der Waals surface area (Å²) in [5.41, 5.74) is 9.56. The van der Waals surface area contributed by atoms with Gasteiger partial charge in [0, 0.05) is 74.0 Å². The van der Waals surface area contributed by atoms with Crippen molar-refractivity contribution in [3.05, 3.63) is 59.4 Å². The van der Waals surface area contributed by atoms with E-state index in [2.05, 4.69) is 31.9 Å². The van der Waals surface area contributed by atoms with Gasteiger partial charge in [0.2, 0.25) is 5.91 Å². The van der Waals surface area contributed by atoms with Crippen molar-refractivity contribution in [3.63, 3.8) is 0 Å². The number of nitrogens with one attached hydrogen (secondary N) is 1. The molecule has 3 aromatic rings. The van der Waals surface area contributed by atoms with Gasteiger partial charge in [0.25, 0.3) is 5.91 Å². The van der Waals surface area contributed by atoms with Crippen molar-refractivity contribution >= 4 is 28.5 Å². The van der Waals surface area contributed by atoms with Gasteiger partial charge in [-0.3, -0.25) is 14.5 Å². The number of carbonyl (C=O) groups excluding carboxylic acids is 2. The van der Waals surface area contributed by atoms with Gasteiger partial charge in [-0.1, -0.05) is 18.2 Å². The maximum absolute atomic E-state index is 13.0. The van der Waals surface area contributed by atoms with Gasteiger partial charge in [-0.25, -0.2) is 4.98 Å². The molecule has 1 saturated heterocycles. The molecule has 5 rings (SSSR count). The zero-order valence-corrected chi connectivity index (χ0v) is 17.4. The van der Waals surface area contributed by atoms with Crippen molar-refractivity contribution in [2.24, 2.45) is 5.73 Å². The summed E-state index contributed by atoms with van der Waals surface area (Å²) in [7, 11) is 0. The predicted octanol–water partition coefficient (Wildman–Crippen LogP) is 1.37. The SMILES string of the molecule is NC(=O)c1cccnc1N1CCN(CC(=O)N2CCc3[nH]c4ccccc4c3C2)CC1. The molecule has 3 N–H and O–H groups in total. The molecule has 2 amide bonds. The number of nitrogens with two attached hydrogens (primary N) is 1. The minimum absolute atomic E-state index is 0.167. The molecule has 0 radical (unpaired) electrons. The van der Waals surface area contributed by atoms with Crippen molar-refractivity contribution in [3.8, 4) is 0 Å². The van der Waals surface area contributed by atoms with Gasteiger partial charge < -0.3 is 20.5 Å². The normalized spacial score (nSPS) is 17.0. The molecule has 1 aromatic carbocycles. The van der Waals surface area contributed by atoms with Crippen LogP contribution in [0.3, 0.4) is 0 Å². The van der Waals surface area contributed by atoms with Crippen LogP contribution in [0.4, 0.5) is 5.82 Å². The van der Waals surface area contributed by atoms with E-state index in [0.717, 1.165) is 31.6 Å². The minimum atomic E-state index is -0.470. The molecule has 0 saturated carbocycles. The van der Waals surface area contributed by atoms with Crippen LogP contribution in [-0.4, -0.2) is 70.9 Å². The molecular weight excluding hydrogens is 392 g/mol. The van der Waals surface area contributed by atoms with Gasteiger partial charge in [-0.2, -0.15) is 0 Å². The fraction of sp³-hybridized carbons (Fsp3) is 0.348. The van der Waals surface area contributed by atoms with E-state index in [1.165, 1.54) is 16.6 Å².